The predicted octanol–water partition coefficient (Wildman–Crippen LogP) is 5.17. The van der Waals surface area contributed by atoms with Crippen molar-refractivity contribution in [2.45, 2.75) is 19.4 Å². The summed E-state index contributed by atoms with van der Waals surface area (Å²) in [6.45, 7) is 3.02. The minimum atomic E-state index is -0.219. The van der Waals surface area contributed by atoms with Crippen LogP contribution in [0.4, 0.5) is 4.39 Å². The highest BCUT2D eigenvalue weighted by Crippen LogP contribution is 2.27. The van der Waals surface area contributed by atoms with Crippen LogP contribution in [0, 0.1) is 9.39 Å². The van der Waals surface area contributed by atoms with Crippen LogP contribution in [0.5, 0.6) is 0 Å². The number of hydrogen-bond donors (Lipinski definition) is 1. The van der Waals surface area contributed by atoms with Crippen LogP contribution in [0.1, 0.15) is 30.5 Å². The van der Waals surface area contributed by atoms with Gasteiger partial charge in [-0.1, -0.05) is 36.7 Å². The van der Waals surface area contributed by atoms with E-state index in [0.29, 0.717) is 0 Å². The van der Waals surface area contributed by atoms with Gasteiger partial charge >= 0.3 is 0 Å². The fourth-order valence-electron chi connectivity index (χ4n) is 2.06. The van der Waals surface area contributed by atoms with Crippen molar-refractivity contribution < 1.29 is 4.39 Å². The van der Waals surface area contributed by atoms with Crippen molar-refractivity contribution in [3.63, 3.8) is 0 Å². The molecule has 2 aromatic carbocycles. The second kappa shape index (κ2) is 7.38. The van der Waals surface area contributed by atoms with E-state index < -0.39 is 0 Å². The molecule has 0 aromatic heterocycles. The number of hydrogen-bond acceptors (Lipinski definition) is 1. The topological polar surface area (TPSA) is 12.0 Å². The highest BCUT2D eigenvalue weighted by atomic mass is 127. The molecule has 1 nitrogen and oxygen atoms in total. The van der Waals surface area contributed by atoms with Gasteiger partial charge in [-0.3, -0.25) is 0 Å². The summed E-state index contributed by atoms with van der Waals surface area (Å²) in [7, 11) is 0. The van der Waals surface area contributed by atoms with Crippen LogP contribution in [0.25, 0.3) is 0 Å². The SMILES string of the molecule is CCCNC(c1ccc(F)cc1)c1ccc(I)c(Cl)c1. The maximum Gasteiger partial charge on any atom is 0.123 e. The van der Waals surface area contributed by atoms with Crippen molar-refractivity contribution in [1.82, 2.24) is 5.32 Å². The van der Waals surface area contributed by atoms with Gasteiger partial charge in [0.05, 0.1) is 11.1 Å². The van der Waals surface area contributed by atoms with Gasteiger partial charge < -0.3 is 5.32 Å². The molecule has 0 saturated heterocycles. The molecule has 106 valence electrons. The Morgan fingerprint density at radius 2 is 1.80 bits per heavy atom. The summed E-state index contributed by atoms with van der Waals surface area (Å²) in [5, 5.41) is 4.23. The van der Waals surface area contributed by atoms with Gasteiger partial charge in [-0.2, -0.15) is 0 Å². The molecule has 2 aromatic rings. The molecule has 0 radical (unpaired) electrons. The maximum absolute atomic E-state index is 13.1. The average molecular weight is 404 g/mol. The van der Waals surface area contributed by atoms with Gasteiger partial charge in [0.25, 0.3) is 0 Å². The molecule has 1 unspecified atom stereocenters. The Hall–Kier alpha value is -0.650. The van der Waals surface area contributed by atoms with Gasteiger partial charge in [0.1, 0.15) is 5.82 Å². The van der Waals surface area contributed by atoms with Gasteiger partial charge in [0.15, 0.2) is 0 Å². The molecule has 20 heavy (non-hydrogen) atoms. The van der Waals surface area contributed by atoms with E-state index >= 15 is 0 Å². The molecular formula is C16H16ClFIN. The van der Waals surface area contributed by atoms with E-state index in [1.807, 2.05) is 24.3 Å². The zero-order valence-corrected chi connectivity index (χ0v) is 14.1. The normalized spacial score (nSPS) is 12.4. The smallest absolute Gasteiger partial charge is 0.123 e. The number of nitrogens with one attached hydrogen (secondary N) is 1. The first-order valence-corrected chi connectivity index (χ1v) is 8.01. The summed E-state index contributed by atoms with van der Waals surface area (Å²) in [4.78, 5) is 0. The third kappa shape index (κ3) is 3.93. The molecule has 0 aliphatic carbocycles. The lowest BCUT2D eigenvalue weighted by Gasteiger charge is -2.20. The van der Waals surface area contributed by atoms with Crippen molar-refractivity contribution in [2.24, 2.45) is 0 Å². The molecule has 0 heterocycles. The van der Waals surface area contributed by atoms with E-state index in [0.717, 1.165) is 32.7 Å². The maximum atomic E-state index is 13.1. The fourth-order valence-corrected chi connectivity index (χ4v) is 2.59. The predicted molar refractivity (Wildman–Crippen MR) is 90.7 cm³/mol. The van der Waals surface area contributed by atoms with Crippen molar-refractivity contribution in [2.75, 3.05) is 6.54 Å². The molecule has 1 N–H and O–H groups in total. The largest absolute Gasteiger partial charge is 0.306 e. The Kier molecular flexibility index (Phi) is 5.81. The number of benzene rings is 2. The third-order valence-electron chi connectivity index (χ3n) is 3.08. The Bertz CT molecular complexity index is 571. The molecule has 0 aliphatic rings. The van der Waals surface area contributed by atoms with Crippen molar-refractivity contribution in [3.8, 4) is 0 Å². The summed E-state index contributed by atoms with van der Waals surface area (Å²) >= 11 is 8.42. The lowest BCUT2D eigenvalue weighted by Crippen LogP contribution is -2.23. The van der Waals surface area contributed by atoms with Gasteiger partial charge in [-0.05, 0) is 70.9 Å². The summed E-state index contributed by atoms with van der Waals surface area (Å²) in [5.41, 5.74) is 2.13. The van der Waals surface area contributed by atoms with Gasteiger partial charge in [0, 0.05) is 3.57 Å². The van der Waals surface area contributed by atoms with E-state index in [4.69, 9.17) is 11.6 Å². The first kappa shape index (κ1) is 15.7. The van der Waals surface area contributed by atoms with Crippen LogP contribution in [-0.2, 0) is 0 Å². The molecule has 2 rings (SSSR count). The molecule has 0 saturated carbocycles. The van der Waals surface area contributed by atoms with E-state index in [9.17, 15) is 4.39 Å². The zero-order valence-electron chi connectivity index (χ0n) is 11.2. The van der Waals surface area contributed by atoms with Crippen LogP contribution < -0.4 is 5.32 Å². The first-order valence-electron chi connectivity index (χ1n) is 6.55. The molecular weight excluding hydrogens is 388 g/mol. The Morgan fingerprint density at radius 1 is 1.15 bits per heavy atom. The summed E-state index contributed by atoms with van der Waals surface area (Å²) in [6.07, 6.45) is 1.04. The molecule has 0 bridgehead atoms. The molecule has 1 atom stereocenters. The van der Waals surface area contributed by atoms with E-state index in [2.05, 4.69) is 40.9 Å². The standard InChI is InChI=1S/C16H16ClFIN/c1-2-9-20-16(11-3-6-13(18)7-4-11)12-5-8-15(19)14(17)10-12/h3-8,10,16,20H,2,9H2,1H3. The van der Waals surface area contributed by atoms with E-state index in [1.165, 1.54) is 12.1 Å². The van der Waals surface area contributed by atoms with Crippen LogP contribution >= 0.6 is 34.2 Å². The molecule has 0 spiro atoms. The Balaban J connectivity index is 2.35. The van der Waals surface area contributed by atoms with Gasteiger partial charge in [0.2, 0.25) is 0 Å². The quantitative estimate of drug-likeness (QED) is 0.679. The Labute approximate surface area is 137 Å². The lowest BCUT2D eigenvalue weighted by molar-refractivity contribution is 0.593. The summed E-state index contributed by atoms with van der Waals surface area (Å²) in [6, 6.07) is 12.7. The van der Waals surface area contributed by atoms with Gasteiger partial charge in [-0.25, -0.2) is 4.39 Å². The van der Waals surface area contributed by atoms with Crippen molar-refractivity contribution in [3.05, 3.63) is 68.0 Å². The molecule has 0 fully saturated rings. The first-order chi connectivity index (χ1) is 9.61. The van der Waals surface area contributed by atoms with Crippen molar-refractivity contribution in [1.29, 1.82) is 0 Å². The monoisotopic (exact) mass is 403 g/mol. The number of halogens is 3. The Morgan fingerprint density at radius 3 is 2.40 bits per heavy atom. The minimum Gasteiger partial charge on any atom is -0.306 e. The lowest BCUT2D eigenvalue weighted by atomic mass is 9.98. The van der Waals surface area contributed by atoms with Crippen LogP contribution in [0.3, 0.4) is 0 Å². The molecule has 4 heteroatoms. The minimum absolute atomic E-state index is 0.0325. The van der Waals surface area contributed by atoms with Crippen LogP contribution in [0.15, 0.2) is 42.5 Å². The average Bonchev–Trinajstić information content (AvgIpc) is 2.45. The van der Waals surface area contributed by atoms with E-state index in [1.54, 1.807) is 0 Å². The van der Waals surface area contributed by atoms with E-state index in [-0.39, 0.29) is 11.9 Å². The number of rotatable bonds is 5. The second-order valence-corrected chi connectivity index (χ2v) is 6.18. The van der Waals surface area contributed by atoms with Crippen LogP contribution in [-0.4, -0.2) is 6.54 Å². The van der Waals surface area contributed by atoms with Crippen LogP contribution in [0.2, 0.25) is 5.02 Å². The molecule has 0 aliphatic heterocycles. The third-order valence-corrected chi connectivity index (χ3v) is 4.65. The highest BCUT2D eigenvalue weighted by Gasteiger charge is 2.14. The molecule has 0 amide bonds. The summed E-state index contributed by atoms with van der Waals surface area (Å²) in [5.74, 6) is -0.219. The fraction of sp³-hybridized carbons (Fsp3) is 0.250. The summed E-state index contributed by atoms with van der Waals surface area (Å²) < 4.78 is 14.1. The van der Waals surface area contributed by atoms with Crippen molar-refractivity contribution >= 4 is 34.2 Å². The van der Waals surface area contributed by atoms with Gasteiger partial charge in [-0.15, -0.1) is 0 Å². The highest BCUT2D eigenvalue weighted by molar-refractivity contribution is 14.1. The zero-order chi connectivity index (χ0) is 14.5. The second-order valence-electron chi connectivity index (χ2n) is 4.61.